The van der Waals surface area contributed by atoms with E-state index in [2.05, 4.69) is 4.74 Å². The van der Waals surface area contributed by atoms with Crippen LogP contribution >= 0.6 is 0 Å². The van der Waals surface area contributed by atoms with Gasteiger partial charge in [-0.15, -0.1) is 0 Å². The molecule has 0 saturated carbocycles. The van der Waals surface area contributed by atoms with Gasteiger partial charge in [-0.05, 0) is 24.6 Å². The van der Waals surface area contributed by atoms with Gasteiger partial charge in [0.15, 0.2) is 11.5 Å². The summed E-state index contributed by atoms with van der Waals surface area (Å²) in [5.41, 5.74) is 0.596. The Kier molecular flexibility index (Phi) is 4.24. The van der Waals surface area contributed by atoms with Gasteiger partial charge in [0.1, 0.15) is 0 Å². The van der Waals surface area contributed by atoms with Gasteiger partial charge in [0.2, 0.25) is 6.79 Å². The van der Waals surface area contributed by atoms with Gasteiger partial charge in [0, 0.05) is 6.08 Å². The summed E-state index contributed by atoms with van der Waals surface area (Å²) in [6, 6.07) is 4.93. The van der Waals surface area contributed by atoms with Gasteiger partial charge in [-0.1, -0.05) is 6.07 Å². The van der Waals surface area contributed by atoms with Gasteiger partial charge in [0.05, 0.1) is 19.3 Å². The van der Waals surface area contributed by atoms with E-state index in [4.69, 9.17) is 14.2 Å². The molecule has 1 aromatic carbocycles. The van der Waals surface area contributed by atoms with Gasteiger partial charge in [-0.3, -0.25) is 0 Å². The number of rotatable bonds is 4. The molecule has 106 valence electrons. The van der Waals surface area contributed by atoms with Crippen molar-refractivity contribution in [1.82, 2.24) is 0 Å². The lowest BCUT2D eigenvalue weighted by Gasteiger charge is -2.07. The topological polar surface area (TPSA) is 71.1 Å². The SMILES string of the molecule is CCOC(=O)/C=C(\C(=O)OC)c1ccc2c(c1)OCO2. The van der Waals surface area contributed by atoms with Crippen molar-refractivity contribution >= 4 is 17.5 Å². The van der Waals surface area contributed by atoms with Crippen molar-refractivity contribution in [1.29, 1.82) is 0 Å². The fraction of sp³-hybridized carbons (Fsp3) is 0.286. The van der Waals surface area contributed by atoms with Crippen molar-refractivity contribution in [2.45, 2.75) is 6.92 Å². The first-order valence-corrected chi connectivity index (χ1v) is 6.02. The molecular formula is C14H14O6. The maximum atomic E-state index is 11.8. The molecule has 0 unspecified atom stereocenters. The fourth-order valence-electron chi connectivity index (χ4n) is 1.74. The third-order valence-corrected chi connectivity index (χ3v) is 2.64. The van der Waals surface area contributed by atoms with E-state index in [0.29, 0.717) is 17.1 Å². The maximum Gasteiger partial charge on any atom is 0.338 e. The van der Waals surface area contributed by atoms with Crippen LogP contribution in [-0.4, -0.2) is 32.4 Å². The number of carbonyl (C=O) groups is 2. The highest BCUT2D eigenvalue weighted by molar-refractivity contribution is 6.20. The molecule has 6 heteroatoms. The Labute approximate surface area is 115 Å². The summed E-state index contributed by atoms with van der Waals surface area (Å²) in [5, 5.41) is 0. The minimum absolute atomic E-state index is 0.101. The molecule has 1 heterocycles. The van der Waals surface area contributed by atoms with Crippen molar-refractivity contribution < 1.29 is 28.5 Å². The van der Waals surface area contributed by atoms with Crippen LogP contribution in [0.25, 0.3) is 5.57 Å². The van der Waals surface area contributed by atoms with Crippen LogP contribution in [0.2, 0.25) is 0 Å². The lowest BCUT2D eigenvalue weighted by molar-refractivity contribution is -0.138. The van der Waals surface area contributed by atoms with Crippen LogP contribution < -0.4 is 9.47 Å². The minimum atomic E-state index is -0.628. The van der Waals surface area contributed by atoms with Crippen molar-refractivity contribution in [3.63, 3.8) is 0 Å². The molecular weight excluding hydrogens is 264 g/mol. The van der Waals surface area contributed by atoms with Crippen LogP contribution in [-0.2, 0) is 19.1 Å². The van der Waals surface area contributed by atoms with Crippen molar-refractivity contribution in [2.24, 2.45) is 0 Å². The first kappa shape index (κ1) is 13.9. The summed E-state index contributed by atoms with van der Waals surface area (Å²) in [6.07, 6.45) is 1.10. The number of methoxy groups -OCH3 is 1. The molecule has 0 aliphatic carbocycles. The van der Waals surface area contributed by atoms with Crippen LogP contribution in [0.15, 0.2) is 24.3 Å². The number of hydrogen-bond donors (Lipinski definition) is 0. The number of hydrogen-bond acceptors (Lipinski definition) is 6. The third kappa shape index (κ3) is 2.90. The summed E-state index contributed by atoms with van der Waals surface area (Å²) in [7, 11) is 1.24. The highest BCUT2D eigenvalue weighted by atomic mass is 16.7. The number of fused-ring (bicyclic) bond motifs is 1. The highest BCUT2D eigenvalue weighted by Gasteiger charge is 2.19. The molecule has 2 rings (SSSR count). The van der Waals surface area contributed by atoms with E-state index >= 15 is 0 Å². The molecule has 0 radical (unpaired) electrons. The van der Waals surface area contributed by atoms with Crippen LogP contribution in [0.4, 0.5) is 0 Å². The second-order valence-corrected chi connectivity index (χ2v) is 3.87. The lowest BCUT2D eigenvalue weighted by Crippen LogP contribution is -2.08. The Morgan fingerprint density at radius 1 is 1.30 bits per heavy atom. The van der Waals surface area contributed by atoms with Crippen LogP contribution in [0, 0.1) is 0 Å². The summed E-state index contributed by atoms with van der Waals surface area (Å²) in [5.74, 6) is -0.127. The Morgan fingerprint density at radius 2 is 2.05 bits per heavy atom. The van der Waals surface area contributed by atoms with Crippen LogP contribution in [0.5, 0.6) is 11.5 Å². The summed E-state index contributed by atoms with van der Waals surface area (Å²) >= 11 is 0. The molecule has 0 aromatic heterocycles. The highest BCUT2D eigenvalue weighted by Crippen LogP contribution is 2.34. The quantitative estimate of drug-likeness (QED) is 0.614. The molecule has 0 atom stereocenters. The van der Waals surface area contributed by atoms with Crippen molar-refractivity contribution in [2.75, 3.05) is 20.5 Å². The fourth-order valence-corrected chi connectivity index (χ4v) is 1.74. The van der Waals surface area contributed by atoms with Crippen LogP contribution in [0.1, 0.15) is 12.5 Å². The maximum absolute atomic E-state index is 11.8. The van der Waals surface area contributed by atoms with E-state index in [9.17, 15) is 9.59 Å². The first-order valence-electron chi connectivity index (χ1n) is 6.02. The summed E-state index contributed by atoms with van der Waals surface area (Å²) < 4.78 is 19.9. The van der Waals surface area contributed by atoms with Crippen LogP contribution in [0.3, 0.4) is 0 Å². The predicted octanol–water partition coefficient (Wildman–Crippen LogP) is 1.53. The normalized spacial score (nSPS) is 13.0. The summed E-state index contributed by atoms with van der Waals surface area (Å²) in [6.45, 7) is 2.04. The van der Waals surface area contributed by atoms with E-state index in [0.717, 1.165) is 6.08 Å². The van der Waals surface area contributed by atoms with Crippen molar-refractivity contribution in [3.05, 3.63) is 29.8 Å². The van der Waals surface area contributed by atoms with Gasteiger partial charge in [-0.25, -0.2) is 9.59 Å². The third-order valence-electron chi connectivity index (χ3n) is 2.64. The number of carbonyl (C=O) groups excluding carboxylic acids is 2. The van der Waals surface area contributed by atoms with E-state index in [-0.39, 0.29) is 19.0 Å². The van der Waals surface area contributed by atoms with Crippen molar-refractivity contribution in [3.8, 4) is 11.5 Å². The zero-order chi connectivity index (χ0) is 14.5. The Hall–Kier alpha value is -2.50. The minimum Gasteiger partial charge on any atom is -0.465 e. The number of esters is 2. The van der Waals surface area contributed by atoms with Gasteiger partial charge in [0.25, 0.3) is 0 Å². The Morgan fingerprint density at radius 3 is 2.75 bits per heavy atom. The molecule has 0 bridgehead atoms. The first-order chi connectivity index (χ1) is 9.65. The number of benzene rings is 1. The second kappa shape index (κ2) is 6.10. The summed E-state index contributed by atoms with van der Waals surface area (Å²) in [4.78, 5) is 23.3. The molecule has 0 N–H and O–H groups in total. The molecule has 1 aliphatic rings. The standard InChI is InChI=1S/C14H14O6/c1-3-18-13(15)7-10(14(16)17-2)9-4-5-11-12(6-9)20-8-19-11/h4-7H,3,8H2,1-2H3/b10-7-. The van der Waals surface area contributed by atoms with E-state index in [1.807, 2.05) is 0 Å². The average molecular weight is 278 g/mol. The monoisotopic (exact) mass is 278 g/mol. The zero-order valence-corrected chi connectivity index (χ0v) is 11.2. The molecule has 1 aliphatic heterocycles. The molecule has 0 amide bonds. The second-order valence-electron chi connectivity index (χ2n) is 3.87. The molecule has 1 aromatic rings. The lowest BCUT2D eigenvalue weighted by atomic mass is 10.0. The van der Waals surface area contributed by atoms with Gasteiger partial charge < -0.3 is 18.9 Å². The van der Waals surface area contributed by atoms with Gasteiger partial charge in [-0.2, -0.15) is 0 Å². The number of ether oxygens (including phenoxy) is 4. The van der Waals surface area contributed by atoms with E-state index in [1.165, 1.54) is 7.11 Å². The van der Waals surface area contributed by atoms with Gasteiger partial charge >= 0.3 is 11.9 Å². The zero-order valence-electron chi connectivity index (χ0n) is 11.2. The molecule has 0 fully saturated rings. The largest absolute Gasteiger partial charge is 0.465 e. The molecule has 0 saturated heterocycles. The predicted molar refractivity (Wildman–Crippen MR) is 69.2 cm³/mol. The Bertz CT molecular complexity index is 561. The Balaban J connectivity index is 2.36. The molecule has 0 spiro atoms. The average Bonchev–Trinajstić information content (AvgIpc) is 2.91. The van der Waals surface area contributed by atoms with E-state index in [1.54, 1.807) is 25.1 Å². The molecule has 6 nitrogen and oxygen atoms in total. The smallest absolute Gasteiger partial charge is 0.338 e. The molecule has 20 heavy (non-hydrogen) atoms. The van der Waals surface area contributed by atoms with E-state index < -0.39 is 11.9 Å².